The lowest BCUT2D eigenvalue weighted by molar-refractivity contribution is 1.45. The molecule has 6 aromatic rings. The Morgan fingerprint density at radius 1 is 0.225 bits per heavy atom. The molecule has 40 heavy (non-hydrogen) atoms. The van der Waals surface area contributed by atoms with Crippen molar-refractivity contribution in [1.29, 1.82) is 0 Å². The molecule has 0 unspecified atom stereocenters. The van der Waals surface area contributed by atoms with Gasteiger partial charge in [-0.3, -0.25) is 0 Å². The first-order chi connectivity index (χ1) is 19.6. The number of benzene rings is 6. The van der Waals surface area contributed by atoms with E-state index in [2.05, 4.69) is 185 Å². The summed E-state index contributed by atoms with van der Waals surface area (Å²) in [5.74, 6) is 0. The van der Waals surface area contributed by atoms with Gasteiger partial charge in [-0.15, -0.1) is 0 Å². The van der Waals surface area contributed by atoms with Crippen molar-refractivity contribution in [3.63, 3.8) is 0 Å². The summed E-state index contributed by atoms with van der Waals surface area (Å²) in [5.41, 5.74) is 14.2. The Morgan fingerprint density at radius 3 is 0.625 bits per heavy atom. The molecule has 0 saturated heterocycles. The number of halogens is 4. The third-order valence-electron chi connectivity index (χ3n) is 7.60. The van der Waals surface area contributed by atoms with Crippen LogP contribution in [0.3, 0.4) is 0 Å². The molecule has 7 rings (SSSR count). The van der Waals surface area contributed by atoms with Crippen molar-refractivity contribution in [2.45, 2.75) is 0 Å². The second-order valence-corrected chi connectivity index (χ2v) is 12.9. The lowest BCUT2D eigenvalue weighted by Crippen LogP contribution is -1.98. The Morgan fingerprint density at radius 2 is 0.400 bits per heavy atom. The van der Waals surface area contributed by atoms with E-state index in [9.17, 15) is 0 Å². The van der Waals surface area contributed by atoms with Crippen LogP contribution in [0, 0.1) is 0 Å². The smallest absolute Gasteiger partial charge is 0.0477 e. The van der Waals surface area contributed by atoms with Crippen LogP contribution < -0.4 is 0 Å². The van der Waals surface area contributed by atoms with Gasteiger partial charge in [0.15, 0.2) is 0 Å². The number of hydrogen-bond donors (Lipinski definition) is 0. The SMILES string of the molecule is Brc1c(Br)c(Br)c2c(c1Br)-c1ccccc1-c1ccccc1-c1ccccc1-c1ccccc1-c1ccccc1-2. The standard InChI is InChI=1S/C36H20Br4/c37-33-31-29-19-9-7-17-27(29)25-15-5-3-13-23(25)21-11-1-2-12-22(21)24-14-4-6-16-26(24)28-18-8-10-20-30(28)32(31)34(38)36(40)35(33)39/h1-20H. The molecule has 6 aromatic carbocycles. The van der Waals surface area contributed by atoms with E-state index < -0.39 is 0 Å². The highest BCUT2D eigenvalue weighted by molar-refractivity contribution is 9.15. The Labute approximate surface area is 267 Å². The summed E-state index contributed by atoms with van der Waals surface area (Å²) >= 11 is 15.8. The molecule has 0 aromatic heterocycles. The van der Waals surface area contributed by atoms with Gasteiger partial charge in [-0.25, -0.2) is 0 Å². The molecule has 0 nitrogen and oxygen atoms in total. The Kier molecular flexibility index (Phi) is 6.91. The van der Waals surface area contributed by atoms with Crippen molar-refractivity contribution < 1.29 is 0 Å². The zero-order chi connectivity index (χ0) is 27.4. The van der Waals surface area contributed by atoms with Crippen LogP contribution >= 0.6 is 63.7 Å². The quantitative estimate of drug-likeness (QED) is 0.106. The predicted octanol–water partition coefficient (Wildman–Crippen LogP) is 13.1. The fourth-order valence-electron chi connectivity index (χ4n) is 5.87. The van der Waals surface area contributed by atoms with Gasteiger partial charge in [-0.1, -0.05) is 121 Å². The molecule has 0 spiro atoms. The summed E-state index contributed by atoms with van der Waals surface area (Å²) in [6.07, 6.45) is 0. The lowest BCUT2D eigenvalue weighted by atomic mass is 9.81. The van der Waals surface area contributed by atoms with Crippen molar-refractivity contribution >= 4 is 63.7 Å². The minimum Gasteiger partial charge on any atom is -0.0616 e. The molecule has 0 radical (unpaired) electrons. The van der Waals surface area contributed by atoms with Gasteiger partial charge < -0.3 is 0 Å². The predicted molar refractivity (Wildman–Crippen MR) is 183 cm³/mol. The first kappa shape index (κ1) is 26.2. The van der Waals surface area contributed by atoms with E-state index in [1.54, 1.807) is 0 Å². The summed E-state index contributed by atoms with van der Waals surface area (Å²) in [7, 11) is 0. The molecule has 0 saturated carbocycles. The Hall–Kier alpha value is -2.76. The summed E-state index contributed by atoms with van der Waals surface area (Å²) in [4.78, 5) is 0. The first-order valence-electron chi connectivity index (χ1n) is 12.9. The summed E-state index contributed by atoms with van der Waals surface area (Å²) in [6.45, 7) is 0. The van der Waals surface area contributed by atoms with Crippen LogP contribution in [0.4, 0.5) is 0 Å². The highest BCUT2D eigenvalue weighted by atomic mass is 79.9. The van der Waals surface area contributed by atoms with E-state index in [1.165, 1.54) is 44.5 Å². The minimum atomic E-state index is 0.969. The van der Waals surface area contributed by atoms with Gasteiger partial charge in [0.25, 0.3) is 0 Å². The van der Waals surface area contributed by atoms with Gasteiger partial charge in [0.05, 0.1) is 0 Å². The lowest BCUT2D eigenvalue weighted by Gasteiger charge is -2.25. The van der Waals surface area contributed by atoms with E-state index in [0.29, 0.717) is 0 Å². The van der Waals surface area contributed by atoms with Gasteiger partial charge in [0.1, 0.15) is 0 Å². The number of hydrogen-bond acceptors (Lipinski definition) is 0. The maximum Gasteiger partial charge on any atom is 0.0477 e. The van der Waals surface area contributed by atoms with Gasteiger partial charge >= 0.3 is 0 Å². The van der Waals surface area contributed by atoms with E-state index in [-0.39, 0.29) is 0 Å². The summed E-state index contributed by atoms with van der Waals surface area (Å²) < 4.78 is 3.94. The normalized spacial score (nSPS) is 11.5. The van der Waals surface area contributed by atoms with Gasteiger partial charge in [0, 0.05) is 29.0 Å². The van der Waals surface area contributed by atoms with E-state index in [0.717, 1.165) is 40.1 Å². The number of fused-ring (bicyclic) bond motifs is 12. The number of rotatable bonds is 0. The van der Waals surface area contributed by atoms with Crippen molar-refractivity contribution in [2.75, 3.05) is 0 Å². The maximum atomic E-state index is 4.01. The van der Waals surface area contributed by atoms with E-state index in [1.807, 2.05) is 0 Å². The monoisotopic (exact) mass is 768 g/mol. The second-order valence-electron chi connectivity index (χ2n) is 9.73. The second kappa shape index (κ2) is 10.6. The molecular weight excluding hydrogens is 752 g/mol. The van der Waals surface area contributed by atoms with E-state index in [4.69, 9.17) is 0 Å². The average molecular weight is 772 g/mol. The molecule has 0 bridgehead atoms. The molecule has 4 heteroatoms. The molecule has 1 aliphatic rings. The van der Waals surface area contributed by atoms with Crippen LogP contribution in [0.5, 0.6) is 0 Å². The topological polar surface area (TPSA) is 0 Å². The van der Waals surface area contributed by atoms with Crippen LogP contribution in [0.25, 0.3) is 66.8 Å². The first-order valence-corrected chi connectivity index (χ1v) is 16.1. The molecular formula is C36H20Br4. The van der Waals surface area contributed by atoms with Gasteiger partial charge in [-0.2, -0.15) is 0 Å². The molecule has 0 amide bonds. The summed E-state index contributed by atoms with van der Waals surface area (Å²) in [6, 6.07) is 43.8. The van der Waals surface area contributed by atoms with Crippen molar-refractivity contribution in [3.05, 3.63) is 139 Å². The van der Waals surface area contributed by atoms with Crippen LogP contribution in [0.2, 0.25) is 0 Å². The van der Waals surface area contributed by atoms with Gasteiger partial charge in [0.2, 0.25) is 0 Å². The molecule has 0 fully saturated rings. The van der Waals surface area contributed by atoms with Crippen molar-refractivity contribution in [1.82, 2.24) is 0 Å². The zero-order valence-corrected chi connectivity index (χ0v) is 27.4. The molecule has 0 atom stereocenters. The van der Waals surface area contributed by atoms with Crippen LogP contribution in [0.15, 0.2) is 139 Å². The molecule has 192 valence electrons. The van der Waals surface area contributed by atoms with Crippen molar-refractivity contribution in [2.24, 2.45) is 0 Å². The largest absolute Gasteiger partial charge is 0.0616 e. The minimum absolute atomic E-state index is 0.969. The zero-order valence-electron chi connectivity index (χ0n) is 21.1. The summed E-state index contributed by atoms with van der Waals surface area (Å²) in [5, 5.41) is 0. The maximum absolute atomic E-state index is 4.01. The average Bonchev–Trinajstić information content (AvgIpc) is 3.01. The highest BCUT2D eigenvalue weighted by Gasteiger charge is 2.27. The third kappa shape index (κ3) is 4.11. The fourth-order valence-corrected chi connectivity index (χ4v) is 8.41. The third-order valence-corrected chi connectivity index (χ3v) is 12.4. The molecule has 0 heterocycles. The Bertz CT molecular complexity index is 1810. The Balaban J connectivity index is 1.76. The highest BCUT2D eigenvalue weighted by Crippen LogP contribution is 2.55. The van der Waals surface area contributed by atoms with Gasteiger partial charge in [-0.05, 0) is 119 Å². The van der Waals surface area contributed by atoms with Crippen molar-refractivity contribution in [3.8, 4) is 66.8 Å². The molecule has 0 aliphatic heterocycles. The molecule has 1 aliphatic carbocycles. The van der Waals surface area contributed by atoms with Crippen LogP contribution in [-0.4, -0.2) is 0 Å². The van der Waals surface area contributed by atoms with Crippen LogP contribution in [-0.2, 0) is 0 Å². The van der Waals surface area contributed by atoms with Crippen LogP contribution in [0.1, 0.15) is 0 Å². The fraction of sp³-hybridized carbons (Fsp3) is 0. The van der Waals surface area contributed by atoms with E-state index >= 15 is 0 Å². The molecule has 0 N–H and O–H groups in total.